The van der Waals surface area contributed by atoms with Crippen molar-refractivity contribution >= 4 is 5.91 Å². The maximum atomic E-state index is 11.8. The molecule has 2 N–H and O–H groups in total. The minimum absolute atomic E-state index is 0.00181. The van der Waals surface area contributed by atoms with Crippen molar-refractivity contribution in [3.63, 3.8) is 0 Å². The van der Waals surface area contributed by atoms with Crippen LogP contribution in [0.4, 0.5) is 0 Å². The first-order chi connectivity index (χ1) is 9.27. The lowest BCUT2D eigenvalue weighted by Gasteiger charge is -2.09. The zero-order valence-corrected chi connectivity index (χ0v) is 11.6. The third kappa shape index (κ3) is 6.22. The van der Waals surface area contributed by atoms with Crippen LogP contribution in [0, 0.1) is 0 Å². The quantitative estimate of drug-likeness (QED) is 0.642. The number of carbonyl (C=O) groups is 1. The number of rotatable bonds is 9. The number of carbonyl (C=O) groups excluding carboxylic acids is 1. The van der Waals surface area contributed by atoms with Gasteiger partial charge in [0.25, 0.3) is 0 Å². The van der Waals surface area contributed by atoms with E-state index in [1.165, 1.54) is 0 Å². The molecule has 5 nitrogen and oxygen atoms in total. The van der Waals surface area contributed by atoms with Gasteiger partial charge < -0.3 is 20.1 Å². The smallest absolute Gasteiger partial charge is 0.224 e. The monoisotopic (exact) mass is 266 g/mol. The van der Waals surface area contributed by atoms with Crippen LogP contribution in [0.1, 0.15) is 5.56 Å². The predicted molar refractivity (Wildman–Crippen MR) is 74.5 cm³/mol. The standard InChI is InChI=1S/C14H22N2O3/c1-18-10-9-15-7-8-16-14(17)11-12-5-3-4-6-13(12)19-2/h3-6,15H,7-11H2,1-2H3,(H,16,17). The Balaban J connectivity index is 2.23. The molecule has 0 bridgehead atoms. The number of benzene rings is 1. The molecular weight excluding hydrogens is 244 g/mol. The Morgan fingerprint density at radius 1 is 1.16 bits per heavy atom. The number of para-hydroxylation sites is 1. The Morgan fingerprint density at radius 2 is 1.95 bits per heavy atom. The van der Waals surface area contributed by atoms with Crippen LogP contribution in [-0.2, 0) is 16.0 Å². The highest BCUT2D eigenvalue weighted by Gasteiger charge is 2.07. The summed E-state index contributed by atoms with van der Waals surface area (Å²) < 4.78 is 10.1. The normalized spacial score (nSPS) is 10.2. The Labute approximate surface area is 114 Å². The van der Waals surface area contributed by atoms with Gasteiger partial charge in [0.15, 0.2) is 0 Å². The van der Waals surface area contributed by atoms with Crippen molar-refractivity contribution in [2.75, 3.05) is 40.5 Å². The summed E-state index contributed by atoms with van der Waals surface area (Å²) in [6.07, 6.45) is 0.335. The van der Waals surface area contributed by atoms with Crippen molar-refractivity contribution < 1.29 is 14.3 Å². The molecule has 5 heteroatoms. The van der Waals surface area contributed by atoms with Crippen LogP contribution in [0.2, 0.25) is 0 Å². The summed E-state index contributed by atoms with van der Waals surface area (Å²) in [6.45, 7) is 2.81. The molecule has 0 aromatic heterocycles. The second-order valence-electron chi connectivity index (χ2n) is 4.08. The van der Waals surface area contributed by atoms with Crippen LogP contribution < -0.4 is 15.4 Å². The largest absolute Gasteiger partial charge is 0.496 e. The van der Waals surface area contributed by atoms with E-state index in [-0.39, 0.29) is 5.91 Å². The molecule has 1 amide bonds. The molecule has 0 spiro atoms. The average Bonchev–Trinajstić information content (AvgIpc) is 2.43. The molecule has 0 atom stereocenters. The zero-order chi connectivity index (χ0) is 13.9. The Morgan fingerprint density at radius 3 is 2.68 bits per heavy atom. The van der Waals surface area contributed by atoms with Gasteiger partial charge >= 0.3 is 0 Å². The third-order valence-corrected chi connectivity index (χ3v) is 2.65. The van der Waals surface area contributed by atoms with E-state index >= 15 is 0 Å². The molecule has 0 aliphatic heterocycles. The summed E-state index contributed by atoms with van der Waals surface area (Å²) in [6, 6.07) is 7.54. The zero-order valence-electron chi connectivity index (χ0n) is 11.6. The molecule has 0 unspecified atom stereocenters. The Bertz CT molecular complexity index is 383. The van der Waals surface area contributed by atoms with E-state index in [1.807, 2.05) is 24.3 Å². The van der Waals surface area contributed by atoms with Crippen LogP contribution in [0.3, 0.4) is 0 Å². The first kappa shape index (κ1) is 15.5. The van der Waals surface area contributed by atoms with E-state index < -0.39 is 0 Å². The molecular formula is C14H22N2O3. The SMILES string of the molecule is COCCNCCNC(=O)Cc1ccccc1OC. The fraction of sp³-hybridized carbons (Fsp3) is 0.500. The maximum absolute atomic E-state index is 11.8. The maximum Gasteiger partial charge on any atom is 0.224 e. The molecule has 19 heavy (non-hydrogen) atoms. The lowest BCUT2D eigenvalue weighted by atomic mass is 10.1. The van der Waals surface area contributed by atoms with Crippen molar-refractivity contribution in [1.29, 1.82) is 0 Å². The van der Waals surface area contributed by atoms with Gasteiger partial charge in [-0.1, -0.05) is 18.2 Å². The fourth-order valence-electron chi connectivity index (χ4n) is 1.67. The molecule has 0 fully saturated rings. The van der Waals surface area contributed by atoms with E-state index in [9.17, 15) is 4.79 Å². The number of hydrogen-bond donors (Lipinski definition) is 2. The van der Waals surface area contributed by atoms with Gasteiger partial charge in [0, 0.05) is 32.3 Å². The number of amides is 1. The van der Waals surface area contributed by atoms with Gasteiger partial charge in [0.1, 0.15) is 5.75 Å². The molecule has 1 aromatic carbocycles. The highest BCUT2D eigenvalue weighted by atomic mass is 16.5. The van der Waals surface area contributed by atoms with Crippen molar-refractivity contribution in [2.45, 2.75) is 6.42 Å². The van der Waals surface area contributed by atoms with E-state index in [0.29, 0.717) is 19.6 Å². The van der Waals surface area contributed by atoms with Crippen LogP contribution in [0.25, 0.3) is 0 Å². The van der Waals surface area contributed by atoms with Gasteiger partial charge in [0.2, 0.25) is 5.91 Å². The van der Waals surface area contributed by atoms with Crippen LogP contribution >= 0.6 is 0 Å². The minimum Gasteiger partial charge on any atom is -0.496 e. The molecule has 0 aliphatic carbocycles. The highest BCUT2D eigenvalue weighted by molar-refractivity contribution is 5.79. The van der Waals surface area contributed by atoms with Gasteiger partial charge in [0.05, 0.1) is 20.1 Å². The van der Waals surface area contributed by atoms with Crippen molar-refractivity contribution in [3.8, 4) is 5.75 Å². The van der Waals surface area contributed by atoms with Crippen molar-refractivity contribution in [3.05, 3.63) is 29.8 Å². The number of methoxy groups -OCH3 is 2. The van der Waals surface area contributed by atoms with Gasteiger partial charge in [-0.15, -0.1) is 0 Å². The summed E-state index contributed by atoms with van der Waals surface area (Å²) >= 11 is 0. The summed E-state index contributed by atoms with van der Waals surface area (Å²) in [5, 5.41) is 6.03. The van der Waals surface area contributed by atoms with Gasteiger partial charge in [-0.05, 0) is 6.07 Å². The van der Waals surface area contributed by atoms with E-state index in [0.717, 1.165) is 24.4 Å². The highest BCUT2D eigenvalue weighted by Crippen LogP contribution is 2.17. The van der Waals surface area contributed by atoms with Crippen LogP contribution in [-0.4, -0.2) is 46.4 Å². The Kier molecular flexibility index (Phi) is 7.62. The van der Waals surface area contributed by atoms with Crippen LogP contribution in [0.5, 0.6) is 5.75 Å². The van der Waals surface area contributed by atoms with E-state index in [4.69, 9.17) is 9.47 Å². The van der Waals surface area contributed by atoms with Crippen LogP contribution in [0.15, 0.2) is 24.3 Å². The lowest BCUT2D eigenvalue weighted by molar-refractivity contribution is -0.120. The third-order valence-electron chi connectivity index (χ3n) is 2.65. The summed E-state index contributed by atoms with van der Waals surface area (Å²) in [5.74, 6) is 0.744. The van der Waals surface area contributed by atoms with Gasteiger partial charge in [-0.2, -0.15) is 0 Å². The van der Waals surface area contributed by atoms with E-state index in [2.05, 4.69) is 10.6 Å². The fourth-order valence-corrected chi connectivity index (χ4v) is 1.67. The van der Waals surface area contributed by atoms with E-state index in [1.54, 1.807) is 14.2 Å². The average molecular weight is 266 g/mol. The minimum atomic E-state index is -0.00181. The predicted octanol–water partition coefficient (Wildman–Crippen LogP) is 0.590. The molecule has 0 saturated heterocycles. The van der Waals surface area contributed by atoms with Gasteiger partial charge in [-0.25, -0.2) is 0 Å². The first-order valence-electron chi connectivity index (χ1n) is 6.36. The van der Waals surface area contributed by atoms with Crippen molar-refractivity contribution in [1.82, 2.24) is 10.6 Å². The molecule has 0 radical (unpaired) electrons. The first-order valence-corrected chi connectivity index (χ1v) is 6.36. The molecule has 1 rings (SSSR count). The van der Waals surface area contributed by atoms with Gasteiger partial charge in [-0.3, -0.25) is 4.79 Å². The summed E-state index contributed by atoms with van der Waals surface area (Å²) in [5.41, 5.74) is 0.898. The lowest BCUT2D eigenvalue weighted by Crippen LogP contribution is -2.33. The molecule has 0 saturated carbocycles. The second-order valence-corrected chi connectivity index (χ2v) is 4.08. The summed E-state index contributed by atoms with van der Waals surface area (Å²) in [4.78, 5) is 11.8. The second kappa shape index (κ2) is 9.35. The molecule has 0 heterocycles. The summed E-state index contributed by atoms with van der Waals surface area (Å²) in [7, 11) is 3.27. The molecule has 106 valence electrons. The van der Waals surface area contributed by atoms with Crippen molar-refractivity contribution in [2.24, 2.45) is 0 Å². The molecule has 0 aliphatic rings. The number of nitrogens with one attached hydrogen (secondary N) is 2. The molecule has 1 aromatic rings. The number of ether oxygens (including phenoxy) is 2. The number of hydrogen-bond acceptors (Lipinski definition) is 4. The topological polar surface area (TPSA) is 59.6 Å². The Hall–Kier alpha value is -1.59.